The number of benzene rings is 1. The van der Waals surface area contributed by atoms with E-state index in [1.807, 2.05) is 6.07 Å². The Morgan fingerprint density at radius 1 is 1.25 bits per heavy atom. The summed E-state index contributed by atoms with van der Waals surface area (Å²) in [5, 5.41) is 8.87. The highest BCUT2D eigenvalue weighted by Gasteiger charge is 2.32. The van der Waals surface area contributed by atoms with E-state index in [0.717, 1.165) is 18.4 Å². The number of carboxylic acid groups (broad SMARTS) is 1. The molecule has 0 bridgehead atoms. The van der Waals surface area contributed by atoms with Gasteiger partial charge in [0.05, 0.1) is 5.56 Å². The molecule has 1 aliphatic carbocycles. The van der Waals surface area contributed by atoms with Crippen LogP contribution in [0, 0.1) is 5.82 Å². The van der Waals surface area contributed by atoms with Crippen LogP contribution in [0.4, 0.5) is 4.39 Å². The number of aromatic carboxylic acids is 1. The molecule has 0 saturated heterocycles. The van der Waals surface area contributed by atoms with E-state index in [9.17, 15) is 14.0 Å². The van der Waals surface area contributed by atoms with E-state index in [-0.39, 0.29) is 23.5 Å². The second-order valence-corrected chi connectivity index (χ2v) is 5.85. The predicted octanol–water partition coefficient (Wildman–Crippen LogP) is 2.77. The molecule has 1 amide bonds. The van der Waals surface area contributed by atoms with E-state index in [1.165, 1.54) is 30.5 Å². The molecule has 0 spiro atoms. The number of carbonyl (C=O) groups is 2. The van der Waals surface area contributed by atoms with Crippen molar-refractivity contribution >= 4 is 11.9 Å². The van der Waals surface area contributed by atoms with Gasteiger partial charge in [-0.1, -0.05) is 12.1 Å². The van der Waals surface area contributed by atoms with Crippen molar-refractivity contribution in [3.8, 4) is 0 Å². The van der Waals surface area contributed by atoms with Crippen molar-refractivity contribution < 1.29 is 19.1 Å². The maximum atomic E-state index is 13.3. The standard InChI is InChI=1S/C18H17FN2O3/c19-14-3-1-2-12(10-14)8-9-21(15-5-6-15)17(22)13-4-7-16(18(23)24)20-11-13/h1-4,7,10-11,15H,5-6,8-9H2,(H,23,24). The number of nitrogens with zero attached hydrogens (tertiary/aromatic N) is 2. The van der Waals surface area contributed by atoms with Crippen LogP contribution in [0.15, 0.2) is 42.6 Å². The molecule has 1 aliphatic rings. The molecule has 1 saturated carbocycles. The summed E-state index contributed by atoms with van der Waals surface area (Å²) in [5.41, 5.74) is 1.11. The molecule has 0 atom stereocenters. The summed E-state index contributed by atoms with van der Waals surface area (Å²) >= 11 is 0. The van der Waals surface area contributed by atoms with Crippen molar-refractivity contribution in [1.82, 2.24) is 9.88 Å². The smallest absolute Gasteiger partial charge is 0.354 e. The van der Waals surface area contributed by atoms with Crippen molar-refractivity contribution in [3.63, 3.8) is 0 Å². The monoisotopic (exact) mass is 328 g/mol. The Hall–Kier alpha value is -2.76. The van der Waals surface area contributed by atoms with Crippen LogP contribution in [-0.4, -0.2) is 39.5 Å². The Kier molecular flexibility index (Phi) is 4.55. The van der Waals surface area contributed by atoms with Crippen LogP contribution in [0.1, 0.15) is 39.3 Å². The van der Waals surface area contributed by atoms with E-state index in [2.05, 4.69) is 4.98 Å². The second kappa shape index (κ2) is 6.78. The minimum Gasteiger partial charge on any atom is -0.477 e. The third-order valence-corrected chi connectivity index (χ3v) is 4.01. The summed E-state index contributed by atoms with van der Waals surface area (Å²) in [4.78, 5) is 29.1. The number of carboxylic acids is 1. The van der Waals surface area contributed by atoms with Crippen LogP contribution < -0.4 is 0 Å². The zero-order valence-electron chi connectivity index (χ0n) is 13.0. The predicted molar refractivity (Wildman–Crippen MR) is 85.4 cm³/mol. The van der Waals surface area contributed by atoms with Gasteiger partial charge >= 0.3 is 5.97 Å². The van der Waals surface area contributed by atoms with Crippen LogP contribution in [0.2, 0.25) is 0 Å². The average molecular weight is 328 g/mol. The fourth-order valence-corrected chi connectivity index (χ4v) is 2.59. The number of carbonyl (C=O) groups excluding carboxylic acids is 1. The molecule has 24 heavy (non-hydrogen) atoms. The first-order valence-electron chi connectivity index (χ1n) is 7.79. The van der Waals surface area contributed by atoms with Crippen molar-refractivity contribution in [2.45, 2.75) is 25.3 Å². The lowest BCUT2D eigenvalue weighted by Gasteiger charge is -2.22. The molecule has 1 fully saturated rings. The van der Waals surface area contributed by atoms with Gasteiger partial charge in [-0.2, -0.15) is 0 Å². The summed E-state index contributed by atoms with van der Waals surface area (Å²) < 4.78 is 13.3. The molecule has 3 rings (SSSR count). The van der Waals surface area contributed by atoms with E-state index < -0.39 is 5.97 Å². The first-order valence-corrected chi connectivity index (χ1v) is 7.79. The van der Waals surface area contributed by atoms with Crippen LogP contribution in [0.5, 0.6) is 0 Å². The lowest BCUT2D eigenvalue weighted by atomic mass is 10.1. The molecule has 1 aromatic carbocycles. The molecular weight excluding hydrogens is 311 g/mol. The molecule has 124 valence electrons. The van der Waals surface area contributed by atoms with Crippen LogP contribution in [-0.2, 0) is 6.42 Å². The van der Waals surface area contributed by atoms with Crippen molar-refractivity contribution in [2.24, 2.45) is 0 Å². The number of rotatable bonds is 6. The van der Waals surface area contributed by atoms with E-state index in [0.29, 0.717) is 18.5 Å². The molecule has 2 aromatic rings. The highest BCUT2D eigenvalue weighted by Crippen LogP contribution is 2.28. The summed E-state index contributed by atoms with van der Waals surface area (Å²) in [5.74, 6) is -1.58. The van der Waals surface area contributed by atoms with Gasteiger partial charge in [-0.15, -0.1) is 0 Å². The quantitative estimate of drug-likeness (QED) is 0.885. The molecule has 0 aliphatic heterocycles. The minimum absolute atomic E-state index is 0.0933. The van der Waals surface area contributed by atoms with Crippen molar-refractivity contribution in [3.05, 3.63) is 65.2 Å². The largest absolute Gasteiger partial charge is 0.477 e. The molecular formula is C18H17FN2O3. The lowest BCUT2D eigenvalue weighted by Crippen LogP contribution is -2.35. The number of amides is 1. The Morgan fingerprint density at radius 2 is 2.04 bits per heavy atom. The van der Waals surface area contributed by atoms with Crippen molar-refractivity contribution in [2.75, 3.05) is 6.54 Å². The molecule has 0 unspecified atom stereocenters. The highest BCUT2D eigenvalue weighted by atomic mass is 19.1. The number of aromatic nitrogens is 1. The minimum atomic E-state index is -1.13. The van der Waals surface area contributed by atoms with Crippen LogP contribution in [0.3, 0.4) is 0 Å². The molecule has 0 radical (unpaired) electrons. The van der Waals surface area contributed by atoms with Gasteiger partial charge in [-0.05, 0) is 49.1 Å². The maximum absolute atomic E-state index is 13.3. The Bertz CT molecular complexity index is 757. The average Bonchev–Trinajstić information content (AvgIpc) is 3.40. The van der Waals surface area contributed by atoms with Crippen molar-refractivity contribution in [1.29, 1.82) is 0 Å². The molecule has 1 heterocycles. The summed E-state index contributed by atoms with van der Waals surface area (Å²) in [6, 6.07) is 9.36. The first-order chi connectivity index (χ1) is 11.5. The highest BCUT2D eigenvalue weighted by molar-refractivity contribution is 5.95. The maximum Gasteiger partial charge on any atom is 0.354 e. The fraction of sp³-hybridized carbons (Fsp3) is 0.278. The van der Waals surface area contributed by atoms with Gasteiger partial charge in [0, 0.05) is 18.8 Å². The SMILES string of the molecule is O=C(O)c1ccc(C(=O)N(CCc2cccc(F)c2)C2CC2)cn1. The van der Waals surface area contributed by atoms with Gasteiger partial charge in [0.2, 0.25) is 0 Å². The first kappa shape index (κ1) is 16.1. The third kappa shape index (κ3) is 3.76. The Labute approximate surface area is 138 Å². The van der Waals surface area contributed by atoms with E-state index >= 15 is 0 Å². The zero-order chi connectivity index (χ0) is 17.1. The summed E-state index contributed by atoms with van der Waals surface area (Å²) in [7, 11) is 0. The van der Waals surface area contributed by atoms with Gasteiger partial charge in [-0.25, -0.2) is 14.2 Å². The Morgan fingerprint density at radius 3 is 2.62 bits per heavy atom. The Balaban J connectivity index is 1.70. The lowest BCUT2D eigenvalue weighted by molar-refractivity contribution is 0.0686. The molecule has 1 aromatic heterocycles. The van der Waals surface area contributed by atoms with Gasteiger partial charge in [0.15, 0.2) is 0 Å². The number of halogens is 1. The molecule has 6 heteroatoms. The fourth-order valence-electron chi connectivity index (χ4n) is 2.59. The second-order valence-electron chi connectivity index (χ2n) is 5.85. The number of pyridine rings is 1. The van der Waals surface area contributed by atoms with Gasteiger partial charge in [-0.3, -0.25) is 4.79 Å². The zero-order valence-corrected chi connectivity index (χ0v) is 13.0. The van der Waals surface area contributed by atoms with Gasteiger partial charge in [0.1, 0.15) is 11.5 Å². The van der Waals surface area contributed by atoms with E-state index in [1.54, 1.807) is 11.0 Å². The molecule has 1 N–H and O–H groups in total. The topological polar surface area (TPSA) is 70.5 Å². The summed E-state index contributed by atoms with van der Waals surface area (Å²) in [6.07, 6.45) is 3.77. The normalized spacial score (nSPS) is 13.5. The van der Waals surface area contributed by atoms with Gasteiger partial charge in [0.25, 0.3) is 5.91 Å². The number of hydrogen-bond acceptors (Lipinski definition) is 3. The van der Waals surface area contributed by atoms with Crippen LogP contribution in [0.25, 0.3) is 0 Å². The number of hydrogen-bond donors (Lipinski definition) is 1. The van der Waals surface area contributed by atoms with Gasteiger partial charge < -0.3 is 10.0 Å². The molecule has 5 nitrogen and oxygen atoms in total. The third-order valence-electron chi connectivity index (χ3n) is 4.01. The van der Waals surface area contributed by atoms with E-state index in [4.69, 9.17) is 5.11 Å². The summed E-state index contributed by atoms with van der Waals surface area (Å²) in [6.45, 7) is 0.494. The van der Waals surface area contributed by atoms with Crippen LogP contribution >= 0.6 is 0 Å².